The van der Waals surface area contributed by atoms with E-state index in [9.17, 15) is 9.90 Å². The van der Waals surface area contributed by atoms with Crippen molar-refractivity contribution in [1.29, 1.82) is 0 Å². The molecule has 1 aromatic heterocycles. The molecule has 0 amide bonds. The molecule has 2 saturated carbocycles. The van der Waals surface area contributed by atoms with Gasteiger partial charge >= 0.3 is 5.97 Å². The van der Waals surface area contributed by atoms with Crippen molar-refractivity contribution in [1.82, 2.24) is 0 Å². The second kappa shape index (κ2) is 12.3. The number of carbonyl (C=O) groups excluding carboxylic acids is 1. The number of aliphatic hydroxyl groups is 1. The molecule has 6 heteroatoms. The Balaban J connectivity index is 1.59. The van der Waals surface area contributed by atoms with E-state index in [1.165, 1.54) is 49.0 Å². The van der Waals surface area contributed by atoms with E-state index in [-0.39, 0.29) is 29.1 Å². The fourth-order valence-electron chi connectivity index (χ4n) is 5.82. The number of thiophene rings is 1. The average molecular weight is 535 g/mol. The molecule has 2 fully saturated rings. The summed E-state index contributed by atoms with van der Waals surface area (Å²) in [6, 6.07) is 3.91. The van der Waals surface area contributed by atoms with Crippen molar-refractivity contribution in [2.45, 2.75) is 122 Å². The molecule has 4 nitrogen and oxygen atoms in total. The fraction of sp³-hybridized carbons (Fsp3) is 0.767. The van der Waals surface area contributed by atoms with Crippen LogP contribution in [0.3, 0.4) is 0 Å². The number of hydrogen-bond donors (Lipinski definition) is 1. The standard InChI is InChI=1S/C30H50O4SSi/c1-8-30(20-11-21-30)27(34-36(6,7)29(2,3)4)15-10-14-24-22(16-18-25(24)31)12-9-13-23-17-19-26(35-23)28(32)33-5/h10,14,17,19,22,24-25,27,31H,8-9,11-13,15-16,18,20-21H2,1-7H3/b14-10+/t22-,24+,25-,27?/m0/s1. The third-order valence-electron chi connectivity index (χ3n) is 9.56. The molecule has 0 bridgehead atoms. The van der Waals surface area contributed by atoms with Crippen LogP contribution >= 0.6 is 11.3 Å². The Morgan fingerprint density at radius 1 is 1.28 bits per heavy atom. The molecule has 0 saturated heterocycles. The van der Waals surface area contributed by atoms with Gasteiger partial charge in [0.2, 0.25) is 0 Å². The van der Waals surface area contributed by atoms with Crippen molar-refractivity contribution in [2.75, 3.05) is 7.11 Å². The summed E-state index contributed by atoms with van der Waals surface area (Å²) in [5, 5.41) is 11.0. The third kappa shape index (κ3) is 6.92. The quantitative estimate of drug-likeness (QED) is 0.167. The molecule has 0 radical (unpaired) electrons. The van der Waals surface area contributed by atoms with E-state index in [1.54, 1.807) is 0 Å². The number of methoxy groups -OCH3 is 1. The lowest BCUT2D eigenvalue weighted by molar-refractivity contribution is -0.0273. The minimum Gasteiger partial charge on any atom is -0.465 e. The second-order valence-corrected chi connectivity index (χ2v) is 18.7. The Kier molecular flexibility index (Phi) is 10.1. The van der Waals surface area contributed by atoms with Crippen molar-refractivity contribution in [3.63, 3.8) is 0 Å². The molecule has 1 heterocycles. The van der Waals surface area contributed by atoms with Crippen molar-refractivity contribution < 1.29 is 19.1 Å². The summed E-state index contributed by atoms with van der Waals surface area (Å²) in [6.45, 7) is 14.1. The highest BCUT2D eigenvalue weighted by Gasteiger charge is 2.47. The summed E-state index contributed by atoms with van der Waals surface area (Å²) in [6.07, 6.45) is 15.9. The van der Waals surface area contributed by atoms with Gasteiger partial charge in [0.25, 0.3) is 0 Å². The van der Waals surface area contributed by atoms with Gasteiger partial charge in [-0.1, -0.05) is 46.3 Å². The summed E-state index contributed by atoms with van der Waals surface area (Å²) in [7, 11) is -0.427. The van der Waals surface area contributed by atoms with Gasteiger partial charge in [0.15, 0.2) is 8.32 Å². The van der Waals surface area contributed by atoms with Gasteiger partial charge in [-0.25, -0.2) is 4.79 Å². The number of carbonyl (C=O) groups is 1. The average Bonchev–Trinajstić information content (AvgIpc) is 3.39. The molecule has 204 valence electrons. The largest absolute Gasteiger partial charge is 0.465 e. The first-order valence-electron chi connectivity index (χ1n) is 14.1. The van der Waals surface area contributed by atoms with Crippen molar-refractivity contribution in [2.24, 2.45) is 17.3 Å². The molecule has 0 aromatic carbocycles. The van der Waals surface area contributed by atoms with E-state index < -0.39 is 8.32 Å². The topological polar surface area (TPSA) is 55.8 Å². The maximum Gasteiger partial charge on any atom is 0.348 e. The first kappa shape index (κ1) is 29.6. The summed E-state index contributed by atoms with van der Waals surface area (Å²) in [4.78, 5) is 13.6. The number of rotatable bonds is 12. The van der Waals surface area contributed by atoms with E-state index in [0.717, 1.165) is 38.5 Å². The Morgan fingerprint density at radius 2 is 2.00 bits per heavy atom. The predicted molar refractivity (Wildman–Crippen MR) is 153 cm³/mol. The highest BCUT2D eigenvalue weighted by molar-refractivity contribution is 7.13. The summed E-state index contributed by atoms with van der Waals surface area (Å²) in [5.41, 5.74) is 0.331. The summed E-state index contributed by atoms with van der Waals surface area (Å²) < 4.78 is 11.9. The Bertz CT molecular complexity index is 874. The van der Waals surface area contributed by atoms with Gasteiger partial charge in [-0.15, -0.1) is 11.3 Å². The van der Waals surface area contributed by atoms with Crippen LogP contribution in [0.2, 0.25) is 18.1 Å². The van der Waals surface area contributed by atoms with Gasteiger partial charge in [0.1, 0.15) is 4.88 Å². The first-order chi connectivity index (χ1) is 16.9. The summed E-state index contributed by atoms with van der Waals surface area (Å²) in [5.74, 6) is 0.518. The molecule has 4 atom stereocenters. The highest BCUT2D eigenvalue weighted by atomic mass is 32.1. The molecule has 3 rings (SSSR count). The molecule has 36 heavy (non-hydrogen) atoms. The Morgan fingerprint density at radius 3 is 2.58 bits per heavy atom. The van der Waals surface area contributed by atoms with Crippen LogP contribution in [0.15, 0.2) is 24.3 Å². The zero-order valence-electron chi connectivity index (χ0n) is 23.8. The van der Waals surface area contributed by atoms with Gasteiger partial charge in [0.05, 0.1) is 19.3 Å². The van der Waals surface area contributed by atoms with Gasteiger partial charge in [-0.05, 0) is 99.4 Å². The molecule has 0 aliphatic heterocycles. The van der Waals surface area contributed by atoms with E-state index in [4.69, 9.17) is 9.16 Å². The van der Waals surface area contributed by atoms with Gasteiger partial charge in [0, 0.05) is 10.8 Å². The normalized spacial score (nSPS) is 25.2. The van der Waals surface area contributed by atoms with Gasteiger partial charge < -0.3 is 14.3 Å². The maximum absolute atomic E-state index is 11.7. The molecule has 1 unspecified atom stereocenters. The van der Waals surface area contributed by atoms with Crippen LogP contribution in [0.5, 0.6) is 0 Å². The SMILES string of the molecule is CCC1(C(C/C=C/[C@@H]2[C@@H](CCCc3ccc(C(=O)OC)s3)CC[C@@H]2O)O[Si](C)(C)C(C)(C)C)CCC1. The lowest BCUT2D eigenvalue weighted by atomic mass is 9.63. The Hall–Kier alpha value is -0.953. The smallest absolute Gasteiger partial charge is 0.348 e. The van der Waals surface area contributed by atoms with Crippen LogP contribution in [0.4, 0.5) is 0 Å². The monoisotopic (exact) mass is 534 g/mol. The van der Waals surface area contributed by atoms with Crippen LogP contribution in [-0.4, -0.2) is 38.7 Å². The lowest BCUT2D eigenvalue weighted by Crippen LogP contribution is -2.51. The molecular weight excluding hydrogens is 484 g/mol. The highest BCUT2D eigenvalue weighted by Crippen LogP contribution is 2.51. The van der Waals surface area contributed by atoms with Crippen LogP contribution in [0.25, 0.3) is 0 Å². The molecule has 1 N–H and O–H groups in total. The van der Waals surface area contributed by atoms with Crippen molar-refractivity contribution >= 4 is 25.6 Å². The molecule has 2 aliphatic rings. The van der Waals surface area contributed by atoms with Crippen LogP contribution in [0, 0.1) is 17.3 Å². The van der Waals surface area contributed by atoms with E-state index in [1.807, 2.05) is 12.1 Å². The number of aliphatic hydroxyl groups excluding tert-OH is 1. The van der Waals surface area contributed by atoms with E-state index in [2.05, 4.69) is 52.9 Å². The van der Waals surface area contributed by atoms with Crippen LogP contribution in [-0.2, 0) is 15.6 Å². The van der Waals surface area contributed by atoms with Crippen LogP contribution in [0.1, 0.15) is 100 Å². The molecule has 1 aromatic rings. The number of ether oxygens (including phenoxy) is 1. The van der Waals surface area contributed by atoms with Crippen molar-refractivity contribution in [3.8, 4) is 0 Å². The molecule has 0 spiro atoms. The molecular formula is C30H50O4SSi. The number of hydrogen-bond acceptors (Lipinski definition) is 5. The number of esters is 1. The number of aryl methyl sites for hydroxylation is 1. The zero-order chi connectivity index (χ0) is 26.6. The maximum atomic E-state index is 11.7. The van der Waals surface area contributed by atoms with Gasteiger partial charge in [-0.3, -0.25) is 0 Å². The summed E-state index contributed by atoms with van der Waals surface area (Å²) >= 11 is 1.54. The minimum atomic E-state index is -1.85. The molecule has 2 aliphatic carbocycles. The van der Waals surface area contributed by atoms with Gasteiger partial charge in [-0.2, -0.15) is 0 Å². The lowest BCUT2D eigenvalue weighted by Gasteiger charge is -2.51. The third-order valence-corrected chi connectivity index (χ3v) is 15.2. The first-order valence-corrected chi connectivity index (χ1v) is 17.8. The van der Waals surface area contributed by atoms with E-state index >= 15 is 0 Å². The Labute approximate surface area is 225 Å². The van der Waals surface area contributed by atoms with Crippen molar-refractivity contribution in [3.05, 3.63) is 34.0 Å². The van der Waals surface area contributed by atoms with Crippen LogP contribution < -0.4 is 0 Å². The fourth-order valence-corrected chi connectivity index (χ4v) is 8.19. The predicted octanol–water partition coefficient (Wildman–Crippen LogP) is 8.16. The minimum absolute atomic E-state index is 0.209. The zero-order valence-corrected chi connectivity index (χ0v) is 25.6. The second-order valence-electron chi connectivity index (χ2n) is 12.7. The van der Waals surface area contributed by atoms with E-state index in [0.29, 0.717) is 16.2 Å².